The van der Waals surface area contributed by atoms with Crippen molar-refractivity contribution in [2.45, 2.75) is 26.7 Å². The van der Waals surface area contributed by atoms with Gasteiger partial charge in [0, 0.05) is 21.8 Å². The summed E-state index contributed by atoms with van der Waals surface area (Å²) in [7, 11) is 0. The summed E-state index contributed by atoms with van der Waals surface area (Å²) in [5.74, 6) is 0. The fourth-order valence-electron chi connectivity index (χ4n) is 2.76. The Labute approximate surface area is 115 Å². The highest BCUT2D eigenvalue weighted by Gasteiger charge is 2.18. The molecule has 0 atom stereocenters. The number of hydrogen-bond acceptors (Lipinski definition) is 0. The standard InChI is InChI=1S/C18H21N/c1-5-9-13-11-12-16-15(10-6-2)17(8-4)19-18(16)14(13)7-3/h5-10,19H,2-3,11-12H2,1,4H3/b9-5-,15-10-,17-8+. The first kappa shape index (κ1) is 13.4. The third-order valence-corrected chi connectivity index (χ3v) is 3.58. The van der Waals surface area contributed by atoms with E-state index in [0.717, 1.165) is 12.8 Å². The topological polar surface area (TPSA) is 15.8 Å². The number of aromatic nitrogens is 1. The van der Waals surface area contributed by atoms with E-state index >= 15 is 0 Å². The number of H-pyrrole nitrogens is 1. The summed E-state index contributed by atoms with van der Waals surface area (Å²) in [4.78, 5) is 3.53. The number of allylic oxidation sites excluding steroid dienone is 6. The van der Waals surface area contributed by atoms with Gasteiger partial charge in [0.2, 0.25) is 0 Å². The maximum atomic E-state index is 3.97. The van der Waals surface area contributed by atoms with Crippen LogP contribution < -0.4 is 10.6 Å². The molecule has 2 rings (SSSR count). The molecule has 0 spiro atoms. The lowest BCUT2D eigenvalue weighted by atomic mass is 9.89. The molecule has 1 aromatic heterocycles. The Morgan fingerprint density at radius 1 is 1.16 bits per heavy atom. The zero-order valence-corrected chi connectivity index (χ0v) is 11.8. The molecule has 1 aliphatic carbocycles. The Hall–Kier alpha value is -2.02. The van der Waals surface area contributed by atoms with Gasteiger partial charge in [-0.15, -0.1) is 0 Å². The molecule has 0 amide bonds. The zero-order valence-electron chi connectivity index (χ0n) is 11.8. The Morgan fingerprint density at radius 3 is 2.53 bits per heavy atom. The maximum Gasteiger partial charge on any atom is 0.0499 e. The molecule has 1 heterocycles. The highest BCUT2D eigenvalue weighted by Crippen LogP contribution is 2.29. The number of fused-ring (bicyclic) bond motifs is 1. The number of aromatic amines is 1. The summed E-state index contributed by atoms with van der Waals surface area (Å²) in [6.45, 7) is 11.9. The van der Waals surface area contributed by atoms with Gasteiger partial charge in [0.1, 0.15) is 0 Å². The van der Waals surface area contributed by atoms with E-state index in [0.29, 0.717) is 0 Å². The molecular formula is C18H21N. The predicted octanol–water partition coefficient (Wildman–Crippen LogP) is 3.24. The van der Waals surface area contributed by atoms with Gasteiger partial charge in [-0.1, -0.05) is 49.6 Å². The molecule has 1 nitrogen and oxygen atoms in total. The number of nitrogens with one attached hydrogen (secondary N) is 1. The zero-order chi connectivity index (χ0) is 13.8. The van der Waals surface area contributed by atoms with E-state index in [1.54, 1.807) is 0 Å². The minimum atomic E-state index is 1.07. The third-order valence-electron chi connectivity index (χ3n) is 3.58. The van der Waals surface area contributed by atoms with E-state index in [1.165, 1.54) is 33.0 Å². The van der Waals surface area contributed by atoms with Gasteiger partial charge in [-0.2, -0.15) is 0 Å². The van der Waals surface area contributed by atoms with Gasteiger partial charge in [-0.05, 0) is 37.8 Å². The van der Waals surface area contributed by atoms with Gasteiger partial charge in [-0.25, -0.2) is 0 Å². The van der Waals surface area contributed by atoms with Gasteiger partial charge in [0.05, 0.1) is 0 Å². The minimum Gasteiger partial charge on any atom is -0.355 e. The summed E-state index contributed by atoms with van der Waals surface area (Å²) < 4.78 is 0. The van der Waals surface area contributed by atoms with Crippen molar-refractivity contribution in [3.63, 3.8) is 0 Å². The van der Waals surface area contributed by atoms with Gasteiger partial charge in [0.15, 0.2) is 0 Å². The Kier molecular flexibility index (Phi) is 4.06. The lowest BCUT2D eigenvalue weighted by molar-refractivity contribution is 0.936. The van der Waals surface area contributed by atoms with Crippen molar-refractivity contribution in [1.29, 1.82) is 0 Å². The van der Waals surface area contributed by atoms with Crippen molar-refractivity contribution < 1.29 is 0 Å². The molecule has 1 heteroatoms. The van der Waals surface area contributed by atoms with Crippen LogP contribution in [0.2, 0.25) is 0 Å². The van der Waals surface area contributed by atoms with Crippen LogP contribution in [0, 0.1) is 0 Å². The van der Waals surface area contributed by atoms with E-state index < -0.39 is 0 Å². The monoisotopic (exact) mass is 251 g/mol. The first-order valence-electron chi connectivity index (χ1n) is 6.75. The smallest absolute Gasteiger partial charge is 0.0499 e. The molecule has 98 valence electrons. The Bertz CT molecular complexity index is 678. The average molecular weight is 251 g/mol. The summed E-state index contributed by atoms with van der Waals surface area (Å²) in [6, 6.07) is 0. The molecule has 0 unspecified atom stereocenters. The lowest BCUT2D eigenvalue weighted by Crippen LogP contribution is -2.24. The normalized spacial score (nSPS) is 17.2. The quantitative estimate of drug-likeness (QED) is 0.849. The van der Waals surface area contributed by atoms with Crippen LogP contribution in [0.1, 0.15) is 31.5 Å². The minimum absolute atomic E-state index is 1.07. The molecule has 0 radical (unpaired) electrons. The molecule has 0 aliphatic heterocycles. The fourth-order valence-corrected chi connectivity index (χ4v) is 2.76. The van der Waals surface area contributed by atoms with Crippen molar-refractivity contribution in [3.05, 3.63) is 64.9 Å². The SMILES string of the molecule is C=C/C=c1/c2c([nH]/c1=C/C)C(C=C)=C(/C=C\C)CC2. The van der Waals surface area contributed by atoms with Gasteiger partial charge >= 0.3 is 0 Å². The van der Waals surface area contributed by atoms with E-state index in [9.17, 15) is 0 Å². The number of rotatable bonds is 3. The van der Waals surface area contributed by atoms with Crippen LogP contribution in [-0.4, -0.2) is 4.98 Å². The molecule has 19 heavy (non-hydrogen) atoms. The largest absolute Gasteiger partial charge is 0.355 e. The maximum absolute atomic E-state index is 3.97. The van der Waals surface area contributed by atoms with Crippen LogP contribution in [0.3, 0.4) is 0 Å². The predicted molar refractivity (Wildman–Crippen MR) is 85.1 cm³/mol. The summed E-state index contributed by atoms with van der Waals surface area (Å²) >= 11 is 0. The van der Waals surface area contributed by atoms with Gasteiger partial charge in [0.25, 0.3) is 0 Å². The van der Waals surface area contributed by atoms with Crippen LogP contribution in [0.4, 0.5) is 0 Å². The first-order valence-corrected chi connectivity index (χ1v) is 6.75. The second-order valence-electron chi connectivity index (χ2n) is 4.64. The fraction of sp³-hybridized carbons (Fsp3) is 0.222. The average Bonchev–Trinajstić information content (AvgIpc) is 2.77. The second kappa shape index (κ2) is 5.75. The molecule has 1 aliphatic rings. The molecule has 1 N–H and O–H groups in total. The second-order valence-corrected chi connectivity index (χ2v) is 4.64. The van der Waals surface area contributed by atoms with Gasteiger partial charge in [-0.3, -0.25) is 0 Å². The molecular weight excluding hydrogens is 230 g/mol. The van der Waals surface area contributed by atoms with Crippen LogP contribution in [0.25, 0.3) is 17.7 Å². The molecule has 0 saturated heterocycles. The van der Waals surface area contributed by atoms with E-state index in [-0.39, 0.29) is 0 Å². The number of hydrogen-bond donors (Lipinski definition) is 1. The lowest BCUT2D eigenvalue weighted by Gasteiger charge is -2.16. The van der Waals surface area contributed by atoms with Crippen LogP contribution >= 0.6 is 0 Å². The molecule has 0 aromatic carbocycles. The first-order chi connectivity index (χ1) is 9.26. The summed E-state index contributed by atoms with van der Waals surface area (Å²) in [6.07, 6.45) is 14.4. The van der Waals surface area contributed by atoms with Crippen molar-refractivity contribution in [2.24, 2.45) is 0 Å². The summed E-state index contributed by atoms with van der Waals surface area (Å²) in [5.41, 5.74) is 5.19. The van der Waals surface area contributed by atoms with Crippen molar-refractivity contribution in [3.8, 4) is 0 Å². The van der Waals surface area contributed by atoms with Crippen molar-refractivity contribution >= 4 is 17.7 Å². The Balaban J connectivity index is 2.80. The summed E-state index contributed by atoms with van der Waals surface area (Å²) in [5, 5.41) is 2.44. The molecule has 0 fully saturated rings. The van der Waals surface area contributed by atoms with E-state index in [4.69, 9.17) is 0 Å². The third kappa shape index (κ3) is 2.28. The van der Waals surface area contributed by atoms with Crippen molar-refractivity contribution in [1.82, 2.24) is 4.98 Å². The van der Waals surface area contributed by atoms with Crippen LogP contribution in [0.5, 0.6) is 0 Å². The van der Waals surface area contributed by atoms with Crippen LogP contribution in [-0.2, 0) is 6.42 Å². The molecule has 0 saturated carbocycles. The van der Waals surface area contributed by atoms with Gasteiger partial charge < -0.3 is 4.98 Å². The molecule has 1 aromatic rings. The van der Waals surface area contributed by atoms with E-state index in [2.05, 4.69) is 56.3 Å². The highest BCUT2D eigenvalue weighted by molar-refractivity contribution is 5.80. The molecule has 0 bridgehead atoms. The van der Waals surface area contributed by atoms with Crippen LogP contribution in [0.15, 0.2) is 43.0 Å². The van der Waals surface area contributed by atoms with E-state index in [1.807, 2.05) is 12.2 Å². The van der Waals surface area contributed by atoms with Crippen molar-refractivity contribution in [2.75, 3.05) is 0 Å². The highest BCUT2D eigenvalue weighted by atomic mass is 14.7. The Morgan fingerprint density at radius 2 is 1.95 bits per heavy atom.